The first-order valence-corrected chi connectivity index (χ1v) is 14.2. The number of hydrogen-bond donors (Lipinski definition) is 2. The van der Waals surface area contributed by atoms with Gasteiger partial charge < -0.3 is 25.0 Å². The second kappa shape index (κ2) is 11.7. The number of methoxy groups -OCH3 is 2. The summed E-state index contributed by atoms with van der Waals surface area (Å²) in [6, 6.07) is 8.66. The number of nitrogens with zero attached hydrogens (tertiary/aromatic N) is 2. The minimum Gasteiger partial charge on any atom is -0.493 e. The molecule has 3 atom stereocenters. The molecular formula is C30H38F4N4O3. The second-order valence-corrected chi connectivity index (χ2v) is 11.5. The van der Waals surface area contributed by atoms with Crippen molar-refractivity contribution in [1.82, 2.24) is 15.1 Å². The van der Waals surface area contributed by atoms with E-state index in [1.807, 2.05) is 6.07 Å². The molecule has 3 aliphatic rings. The summed E-state index contributed by atoms with van der Waals surface area (Å²) in [5.74, 6) is -0.141. The molecule has 224 valence electrons. The maximum Gasteiger partial charge on any atom is 0.419 e. The highest BCUT2D eigenvalue weighted by Gasteiger charge is 2.53. The Hall–Kier alpha value is -3.05. The smallest absolute Gasteiger partial charge is 0.419 e. The highest BCUT2D eigenvalue weighted by atomic mass is 19.4. The quantitative estimate of drug-likeness (QED) is 0.435. The lowest BCUT2D eigenvalue weighted by molar-refractivity contribution is -0.139. The molecule has 0 spiro atoms. The lowest BCUT2D eigenvalue weighted by Gasteiger charge is -2.48. The van der Waals surface area contributed by atoms with Crippen LogP contribution in [0.4, 0.5) is 28.0 Å². The van der Waals surface area contributed by atoms with Crippen LogP contribution in [0.25, 0.3) is 0 Å². The molecule has 2 heterocycles. The Morgan fingerprint density at radius 1 is 1.00 bits per heavy atom. The summed E-state index contributed by atoms with van der Waals surface area (Å²) in [5, 5.41) is 5.23. The Morgan fingerprint density at radius 2 is 1.73 bits per heavy atom. The molecule has 2 aromatic carbocycles. The van der Waals surface area contributed by atoms with E-state index in [1.165, 1.54) is 5.56 Å². The third-order valence-corrected chi connectivity index (χ3v) is 9.30. The molecule has 3 unspecified atom stereocenters. The molecule has 0 bridgehead atoms. The maximum absolute atomic E-state index is 14.5. The summed E-state index contributed by atoms with van der Waals surface area (Å²) < 4.78 is 65.1. The van der Waals surface area contributed by atoms with Gasteiger partial charge in [-0.3, -0.25) is 4.90 Å². The Bertz CT molecular complexity index is 1250. The summed E-state index contributed by atoms with van der Waals surface area (Å²) in [7, 11) is 5.38. The summed E-state index contributed by atoms with van der Waals surface area (Å²) >= 11 is 0. The number of rotatable bonds is 6. The zero-order chi connectivity index (χ0) is 29.4. The number of carbonyl (C=O) groups is 1. The number of hydrogen-bond acceptors (Lipinski definition) is 5. The number of ether oxygens (including phenoxy) is 2. The van der Waals surface area contributed by atoms with E-state index in [9.17, 15) is 22.4 Å². The lowest BCUT2D eigenvalue weighted by atomic mass is 9.65. The maximum atomic E-state index is 14.5. The summed E-state index contributed by atoms with van der Waals surface area (Å²) in [6.07, 6.45) is 0.455. The average Bonchev–Trinajstić information content (AvgIpc) is 3.33. The van der Waals surface area contributed by atoms with E-state index in [1.54, 1.807) is 14.2 Å². The first-order valence-electron chi connectivity index (χ1n) is 14.2. The van der Waals surface area contributed by atoms with Gasteiger partial charge in [0, 0.05) is 23.5 Å². The molecule has 2 aromatic rings. The number of halogens is 4. The van der Waals surface area contributed by atoms with Crippen LogP contribution in [0.5, 0.6) is 11.5 Å². The predicted molar refractivity (Wildman–Crippen MR) is 148 cm³/mol. The van der Waals surface area contributed by atoms with Crippen molar-refractivity contribution >= 4 is 11.7 Å². The van der Waals surface area contributed by atoms with Crippen LogP contribution in [-0.2, 0) is 11.6 Å². The number of fused-ring (bicyclic) bond motifs is 1. The van der Waals surface area contributed by atoms with Crippen LogP contribution in [-0.4, -0.2) is 74.9 Å². The molecule has 7 nitrogen and oxygen atoms in total. The standard InChI is InChI=1S/C30H38F4N4O3/c1-37-14-10-21(11-15-37)38-16-13-29(19-7-8-24(40-2)25(17-19)41-3)12-9-20(18-26(29)38)35-28(39)36-23-6-4-5-22(27(23)31)30(32,33)34/h4-8,17,20-21,26H,9-16,18H2,1-3H3,(H2,35,36,39). The third-order valence-electron chi connectivity index (χ3n) is 9.30. The zero-order valence-electron chi connectivity index (χ0n) is 23.7. The molecule has 0 aromatic heterocycles. The van der Waals surface area contributed by atoms with E-state index >= 15 is 0 Å². The van der Waals surface area contributed by atoms with Crippen molar-refractivity contribution in [3.63, 3.8) is 0 Å². The van der Waals surface area contributed by atoms with Gasteiger partial charge in [0.25, 0.3) is 0 Å². The molecule has 1 aliphatic carbocycles. The molecule has 2 aliphatic heterocycles. The molecule has 2 saturated heterocycles. The van der Waals surface area contributed by atoms with Gasteiger partial charge in [-0.2, -0.15) is 13.2 Å². The van der Waals surface area contributed by atoms with Gasteiger partial charge in [0.15, 0.2) is 17.3 Å². The van der Waals surface area contributed by atoms with Gasteiger partial charge in [-0.25, -0.2) is 9.18 Å². The second-order valence-electron chi connectivity index (χ2n) is 11.5. The molecule has 2 amide bonds. The Labute approximate surface area is 238 Å². The fourth-order valence-electron chi connectivity index (χ4n) is 7.15. The molecular weight excluding hydrogens is 540 g/mol. The number of benzene rings is 2. The van der Waals surface area contributed by atoms with Gasteiger partial charge in [0.05, 0.1) is 25.5 Å². The SMILES string of the molecule is COc1ccc(C23CCC(NC(=O)Nc4cccc(C(F)(F)F)c4F)CC2N(C2CCN(C)CC2)CC3)cc1OC. The van der Waals surface area contributed by atoms with E-state index in [4.69, 9.17) is 9.47 Å². The van der Waals surface area contributed by atoms with E-state index < -0.39 is 29.3 Å². The van der Waals surface area contributed by atoms with E-state index in [-0.39, 0.29) is 17.5 Å². The summed E-state index contributed by atoms with van der Waals surface area (Å²) in [6.45, 7) is 3.01. The molecule has 2 N–H and O–H groups in total. The van der Waals surface area contributed by atoms with Crippen molar-refractivity contribution < 1.29 is 31.8 Å². The van der Waals surface area contributed by atoms with E-state index in [0.717, 1.165) is 57.5 Å². The normalized spacial score (nSPS) is 25.9. The van der Waals surface area contributed by atoms with Crippen LogP contribution < -0.4 is 20.1 Å². The van der Waals surface area contributed by atoms with Gasteiger partial charge in [0.1, 0.15) is 0 Å². The highest BCUT2D eigenvalue weighted by molar-refractivity contribution is 5.89. The van der Waals surface area contributed by atoms with E-state index in [0.29, 0.717) is 36.4 Å². The van der Waals surface area contributed by atoms with Gasteiger partial charge in [-0.05, 0) is 95.0 Å². The van der Waals surface area contributed by atoms with Crippen molar-refractivity contribution in [3.05, 3.63) is 53.3 Å². The van der Waals surface area contributed by atoms with Crippen molar-refractivity contribution in [2.24, 2.45) is 0 Å². The van der Waals surface area contributed by atoms with Crippen LogP contribution >= 0.6 is 0 Å². The van der Waals surface area contributed by atoms with Crippen LogP contribution in [0.1, 0.15) is 49.7 Å². The number of piperidine rings is 1. The first kappa shape index (κ1) is 29.4. The van der Waals surface area contributed by atoms with Crippen molar-refractivity contribution in [2.75, 3.05) is 46.2 Å². The minimum atomic E-state index is -4.85. The molecule has 5 rings (SSSR count). The fraction of sp³-hybridized carbons (Fsp3) is 0.567. The highest BCUT2D eigenvalue weighted by Crippen LogP contribution is 2.51. The summed E-state index contributed by atoms with van der Waals surface area (Å²) in [5.41, 5.74) is -0.858. The fourth-order valence-corrected chi connectivity index (χ4v) is 7.15. The number of anilines is 1. The number of nitrogens with one attached hydrogen (secondary N) is 2. The molecule has 11 heteroatoms. The summed E-state index contributed by atoms with van der Waals surface area (Å²) in [4.78, 5) is 17.8. The third kappa shape index (κ3) is 5.83. The molecule has 1 saturated carbocycles. The first-order chi connectivity index (χ1) is 19.6. The number of amides is 2. The minimum absolute atomic E-state index is 0.134. The van der Waals surface area contributed by atoms with Gasteiger partial charge in [-0.1, -0.05) is 12.1 Å². The number of urea groups is 1. The van der Waals surface area contributed by atoms with Crippen molar-refractivity contribution in [1.29, 1.82) is 0 Å². The van der Waals surface area contributed by atoms with Crippen molar-refractivity contribution in [2.45, 2.75) is 68.2 Å². The van der Waals surface area contributed by atoms with Crippen LogP contribution in [0.2, 0.25) is 0 Å². The Morgan fingerprint density at radius 3 is 2.41 bits per heavy atom. The van der Waals surface area contributed by atoms with E-state index in [2.05, 4.69) is 39.6 Å². The lowest BCUT2D eigenvalue weighted by Crippen LogP contribution is -2.56. The largest absolute Gasteiger partial charge is 0.493 e. The monoisotopic (exact) mass is 578 g/mol. The van der Waals surface area contributed by atoms with Gasteiger partial charge >= 0.3 is 12.2 Å². The van der Waals surface area contributed by atoms with Crippen LogP contribution in [0, 0.1) is 5.82 Å². The predicted octanol–water partition coefficient (Wildman–Crippen LogP) is 5.64. The number of likely N-dealkylation sites (tertiary alicyclic amines) is 2. The number of alkyl halides is 3. The molecule has 3 fully saturated rings. The Balaban J connectivity index is 1.37. The number of carbonyl (C=O) groups excluding carboxylic acids is 1. The molecule has 41 heavy (non-hydrogen) atoms. The van der Waals surface area contributed by atoms with Crippen molar-refractivity contribution in [3.8, 4) is 11.5 Å². The van der Waals surface area contributed by atoms with Crippen LogP contribution in [0.3, 0.4) is 0 Å². The van der Waals surface area contributed by atoms with Gasteiger partial charge in [-0.15, -0.1) is 0 Å². The topological polar surface area (TPSA) is 66.1 Å². The van der Waals surface area contributed by atoms with Gasteiger partial charge in [0.2, 0.25) is 0 Å². The van der Waals surface area contributed by atoms with Crippen LogP contribution in [0.15, 0.2) is 36.4 Å². The average molecular weight is 579 g/mol. The molecule has 0 radical (unpaired) electrons. The zero-order valence-corrected chi connectivity index (χ0v) is 23.7. The Kier molecular flexibility index (Phi) is 8.39.